The van der Waals surface area contributed by atoms with Gasteiger partial charge in [-0.05, 0) is 31.6 Å². The molecule has 0 aromatic carbocycles. The first-order chi connectivity index (χ1) is 9.65. The lowest BCUT2D eigenvalue weighted by Gasteiger charge is -2.22. The van der Waals surface area contributed by atoms with E-state index < -0.39 is 0 Å². The fourth-order valence-electron chi connectivity index (χ4n) is 2.55. The minimum absolute atomic E-state index is 0.233. The molecule has 0 radical (unpaired) electrons. The molecule has 0 aliphatic carbocycles. The average Bonchev–Trinajstić information content (AvgIpc) is 2.84. The van der Waals surface area contributed by atoms with Crippen LogP contribution in [0.15, 0.2) is 6.33 Å². The Balaban J connectivity index is 1.77. The average molecular weight is 279 g/mol. The molecule has 1 fully saturated rings. The largest absolute Gasteiger partial charge is 0.378 e. The maximum atomic E-state index is 12.1. The highest BCUT2D eigenvalue weighted by molar-refractivity contribution is 5.80. The summed E-state index contributed by atoms with van der Waals surface area (Å²) in [5.41, 5.74) is 0. The molecule has 1 aromatic heterocycles. The van der Waals surface area contributed by atoms with E-state index in [2.05, 4.69) is 23.9 Å². The highest BCUT2D eigenvalue weighted by Gasteiger charge is 2.17. The van der Waals surface area contributed by atoms with Crippen LogP contribution in [0.25, 0.3) is 0 Å². The number of ether oxygens (including phenoxy) is 1. The minimum atomic E-state index is 0.233. The van der Waals surface area contributed by atoms with Crippen LogP contribution in [0.3, 0.4) is 0 Å². The molecule has 1 aromatic rings. The molecule has 20 heavy (non-hydrogen) atoms. The van der Waals surface area contributed by atoms with E-state index in [-0.39, 0.29) is 11.9 Å². The van der Waals surface area contributed by atoms with Crippen molar-refractivity contribution in [3.8, 4) is 0 Å². The van der Waals surface area contributed by atoms with Gasteiger partial charge in [0, 0.05) is 19.6 Å². The number of ketones is 1. The van der Waals surface area contributed by atoms with Crippen LogP contribution in [0.5, 0.6) is 0 Å². The van der Waals surface area contributed by atoms with Crippen molar-refractivity contribution < 1.29 is 9.53 Å². The smallest absolute Gasteiger partial charge is 0.140 e. The summed E-state index contributed by atoms with van der Waals surface area (Å²) < 4.78 is 7.50. The van der Waals surface area contributed by atoms with Gasteiger partial charge in [-0.25, -0.2) is 9.67 Å². The molecule has 1 unspecified atom stereocenters. The molecule has 2 rings (SSSR count). The Labute approximate surface area is 120 Å². The van der Waals surface area contributed by atoms with Crippen molar-refractivity contribution in [1.29, 1.82) is 0 Å². The second-order valence-corrected chi connectivity index (χ2v) is 5.99. The van der Waals surface area contributed by atoms with E-state index in [0.29, 0.717) is 18.8 Å². The number of nitrogens with zero attached hydrogens (tertiary/aromatic N) is 3. The highest BCUT2D eigenvalue weighted by atomic mass is 16.5. The SMILES string of the molecule is CC(C)Cn1ncnc1CC(=O)CCC1CCCCO1. The second-order valence-electron chi connectivity index (χ2n) is 5.99. The van der Waals surface area contributed by atoms with Crippen LogP contribution >= 0.6 is 0 Å². The number of aromatic nitrogens is 3. The number of carbonyl (C=O) groups excluding carboxylic acids is 1. The Morgan fingerprint density at radius 3 is 3.05 bits per heavy atom. The highest BCUT2D eigenvalue weighted by Crippen LogP contribution is 2.17. The number of carbonyl (C=O) groups is 1. The maximum Gasteiger partial charge on any atom is 0.140 e. The third-order valence-corrected chi connectivity index (χ3v) is 3.61. The first-order valence-electron chi connectivity index (χ1n) is 7.65. The van der Waals surface area contributed by atoms with Crippen molar-refractivity contribution >= 4 is 5.78 Å². The quantitative estimate of drug-likeness (QED) is 0.769. The summed E-state index contributed by atoms with van der Waals surface area (Å²) in [6.07, 6.45) is 7.10. The summed E-state index contributed by atoms with van der Waals surface area (Å²) >= 11 is 0. The minimum Gasteiger partial charge on any atom is -0.378 e. The molecule has 1 aliphatic rings. The van der Waals surface area contributed by atoms with Gasteiger partial charge in [-0.15, -0.1) is 0 Å². The first-order valence-corrected chi connectivity index (χ1v) is 7.65. The lowest BCUT2D eigenvalue weighted by molar-refractivity contribution is -0.119. The van der Waals surface area contributed by atoms with Crippen LogP contribution in [0.1, 0.15) is 51.8 Å². The number of hydrogen-bond acceptors (Lipinski definition) is 4. The van der Waals surface area contributed by atoms with Gasteiger partial charge in [0.1, 0.15) is 17.9 Å². The van der Waals surface area contributed by atoms with Gasteiger partial charge in [-0.3, -0.25) is 4.79 Å². The van der Waals surface area contributed by atoms with Crippen LogP contribution < -0.4 is 0 Å². The van der Waals surface area contributed by atoms with Crippen molar-refractivity contribution in [1.82, 2.24) is 14.8 Å². The molecule has 2 heterocycles. The van der Waals surface area contributed by atoms with Crippen LogP contribution in [-0.2, 0) is 22.5 Å². The molecular weight excluding hydrogens is 254 g/mol. The Morgan fingerprint density at radius 2 is 2.35 bits per heavy atom. The summed E-state index contributed by atoms with van der Waals surface area (Å²) in [5.74, 6) is 1.52. The van der Waals surface area contributed by atoms with E-state index in [1.165, 1.54) is 12.7 Å². The predicted molar refractivity (Wildman–Crippen MR) is 76.4 cm³/mol. The maximum absolute atomic E-state index is 12.1. The predicted octanol–water partition coefficient (Wildman–Crippen LogP) is 2.40. The van der Waals surface area contributed by atoms with Gasteiger partial charge in [0.25, 0.3) is 0 Å². The standard InChI is InChI=1S/C15H25N3O2/c1-12(2)10-18-15(16-11-17-18)9-13(19)6-7-14-5-3-4-8-20-14/h11-12,14H,3-10H2,1-2H3. The van der Waals surface area contributed by atoms with Gasteiger partial charge in [-0.2, -0.15) is 5.10 Å². The fraction of sp³-hybridized carbons (Fsp3) is 0.800. The van der Waals surface area contributed by atoms with Crippen molar-refractivity contribution in [3.05, 3.63) is 12.2 Å². The van der Waals surface area contributed by atoms with E-state index in [1.807, 2.05) is 4.68 Å². The van der Waals surface area contributed by atoms with E-state index in [0.717, 1.165) is 38.2 Å². The molecular formula is C15H25N3O2. The first kappa shape index (κ1) is 15.2. The van der Waals surface area contributed by atoms with Crippen LogP contribution in [0.2, 0.25) is 0 Å². The second kappa shape index (κ2) is 7.53. The summed E-state index contributed by atoms with van der Waals surface area (Å²) in [6, 6.07) is 0. The summed E-state index contributed by atoms with van der Waals surface area (Å²) in [5, 5.41) is 4.19. The monoisotopic (exact) mass is 279 g/mol. The molecule has 0 spiro atoms. The number of hydrogen-bond donors (Lipinski definition) is 0. The van der Waals surface area contributed by atoms with E-state index in [4.69, 9.17) is 4.74 Å². The van der Waals surface area contributed by atoms with E-state index >= 15 is 0 Å². The van der Waals surface area contributed by atoms with Crippen LogP contribution in [-0.4, -0.2) is 33.3 Å². The molecule has 1 aliphatic heterocycles. The summed E-state index contributed by atoms with van der Waals surface area (Å²) in [6.45, 7) is 5.93. The molecule has 5 nitrogen and oxygen atoms in total. The zero-order valence-corrected chi connectivity index (χ0v) is 12.5. The fourth-order valence-corrected chi connectivity index (χ4v) is 2.55. The van der Waals surface area contributed by atoms with E-state index in [1.54, 1.807) is 0 Å². The van der Waals surface area contributed by atoms with Crippen molar-refractivity contribution in [3.63, 3.8) is 0 Å². The van der Waals surface area contributed by atoms with Gasteiger partial charge in [0.05, 0.1) is 12.5 Å². The molecule has 0 N–H and O–H groups in total. The van der Waals surface area contributed by atoms with Gasteiger partial charge in [-0.1, -0.05) is 13.8 Å². The molecule has 0 amide bonds. The van der Waals surface area contributed by atoms with Crippen molar-refractivity contribution in [2.45, 2.75) is 65.0 Å². The Hall–Kier alpha value is -1.23. The molecule has 1 atom stereocenters. The lowest BCUT2D eigenvalue weighted by atomic mass is 10.0. The van der Waals surface area contributed by atoms with Crippen molar-refractivity contribution in [2.75, 3.05) is 6.61 Å². The third kappa shape index (κ3) is 4.71. The number of Topliss-reactive ketones (excluding diaryl/α,β-unsaturated/α-hetero) is 1. The summed E-state index contributed by atoms with van der Waals surface area (Å²) in [4.78, 5) is 16.3. The molecule has 5 heteroatoms. The third-order valence-electron chi connectivity index (χ3n) is 3.61. The van der Waals surface area contributed by atoms with Gasteiger partial charge < -0.3 is 4.74 Å². The lowest BCUT2D eigenvalue weighted by Crippen LogP contribution is -2.21. The van der Waals surface area contributed by atoms with Gasteiger partial charge >= 0.3 is 0 Å². The Morgan fingerprint density at radius 1 is 1.50 bits per heavy atom. The van der Waals surface area contributed by atoms with Crippen LogP contribution in [0, 0.1) is 5.92 Å². The molecule has 1 saturated heterocycles. The van der Waals surface area contributed by atoms with Gasteiger partial charge in [0.15, 0.2) is 0 Å². The normalized spacial score (nSPS) is 19.4. The Kier molecular flexibility index (Phi) is 5.71. The molecule has 0 bridgehead atoms. The molecule has 112 valence electrons. The zero-order chi connectivity index (χ0) is 14.4. The zero-order valence-electron chi connectivity index (χ0n) is 12.5. The topological polar surface area (TPSA) is 57.0 Å². The number of rotatable bonds is 7. The summed E-state index contributed by atoms with van der Waals surface area (Å²) in [7, 11) is 0. The van der Waals surface area contributed by atoms with Crippen LogP contribution in [0.4, 0.5) is 0 Å². The van der Waals surface area contributed by atoms with Gasteiger partial charge in [0.2, 0.25) is 0 Å². The van der Waals surface area contributed by atoms with E-state index in [9.17, 15) is 4.79 Å². The molecule has 0 saturated carbocycles. The van der Waals surface area contributed by atoms with Crippen molar-refractivity contribution in [2.24, 2.45) is 5.92 Å². The Bertz CT molecular complexity index is 423.